The summed E-state index contributed by atoms with van der Waals surface area (Å²) < 4.78 is 0.768. The molecular formula is C16H21BrClNO. The Morgan fingerprint density at radius 3 is 2.55 bits per heavy atom. The first-order chi connectivity index (χ1) is 9.52. The quantitative estimate of drug-likeness (QED) is 0.732. The zero-order valence-electron chi connectivity index (χ0n) is 12.0. The van der Waals surface area contributed by atoms with Gasteiger partial charge in [-0.05, 0) is 65.7 Å². The lowest BCUT2D eigenvalue weighted by Gasteiger charge is -2.34. The largest absolute Gasteiger partial charge is 0.339 e. The molecular weight excluding hydrogens is 338 g/mol. The van der Waals surface area contributed by atoms with E-state index in [1.54, 1.807) is 18.2 Å². The molecule has 20 heavy (non-hydrogen) atoms. The summed E-state index contributed by atoms with van der Waals surface area (Å²) in [6, 6.07) is 5.70. The maximum Gasteiger partial charge on any atom is 0.254 e. The van der Waals surface area contributed by atoms with E-state index in [0.29, 0.717) is 16.6 Å². The van der Waals surface area contributed by atoms with Crippen molar-refractivity contribution < 1.29 is 4.79 Å². The van der Waals surface area contributed by atoms with Crippen LogP contribution < -0.4 is 0 Å². The summed E-state index contributed by atoms with van der Waals surface area (Å²) in [5.41, 5.74) is 0.689. The number of carbonyl (C=O) groups excluding carboxylic acids is 1. The Kier molecular flexibility index (Phi) is 5.50. The Morgan fingerprint density at radius 2 is 2.00 bits per heavy atom. The van der Waals surface area contributed by atoms with Crippen molar-refractivity contribution >= 4 is 33.4 Å². The molecule has 0 bridgehead atoms. The number of benzene rings is 1. The van der Waals surface area contributed by atoms with Gasteiger partial charge in [0.15, 0.2) is 0 Å². The fourth-order valence-corrected chi connectivity index (χ4v) is 3.81. The summed E-state index contributed by atoms with van der Waals surface area (Å²) in [6.07, 6.45) is 5.96. The molecule has 1 amide bonds. The number of amides is 1. The van der Waals surface area contributed by atoms with Crippen molar-refractivity contribution in [3.05, 3.63) is 33.3 Å². The van der Waals surface area contributed by atoms with Crippen LogP contribution in [0.15, 0.2) is 22.7 Å². The van der Waals surface area contributed by atoms with Crippen LogP contribution >= 0.6 is 27.5 Å². The van der Waals surface area contributed by atoms with Gasteiger partial charge in [-0.3, -0.25) is 4.79 Å². The van der Waals surface area contributed by atoms with E-state index in [2.05, 4.69) is 22.9 Å². The van der Waals surface area contributed by atoms with Crippen molar-refractivity contribution in [1.82, 2.24) is 4.90 Å². The highest BCUT2D eigenvalue weighted by molar-refractivity contribution is 9.10. The molecule has 1 aromatic carbocycles. The Balaban J connectivity index is 2.05. The first-order valence-corrected chi connectivity index (χ1v) is 8.42. The molecule has 1 aromatic rings. The highest BCUT2D eigenvalue weighted by Gasteiger charge is 2.27. The maximum atomic E-state index is 12.6. The van der Waals surface area contributed by atoms with Crippen LogP contribution in [0.4, 0.5) is 0 Å². The standard InChI is InChI=1S/C16H21BrClNO/c1-3-11-4-7-13(8-5-11)19(2)16(20)14-9-6-12(18)10-15(14)17/h6,9-11,13H,3-5,7-8H2,1-2H3. The average Bonchev–Trinajstić information content (AvgIpc) is 2.46. The third-order valence-corrected chi connectivity index (χ3v) is 5.31. The van der Waals surface area contributed by atoms with Gasteiger partial charge in [0.1, 0.15) is 0 Å². The predicted molar refractivity (Wildman–Crippen MR) is 87.3 cm³/mol. The van der Waals surface area contributed by atoms with Gasteiger partial charge < -0.3 is 4.90 Å². The highest BCUT2D eigenvalue weighted by Crippen LogP contribution is 2.30. The molecule has 0 saturated heterocycles. The molecule has 1 aliphatic carbocycles. The molecule has 0 N–H and O–H groups in total. The van der Waals surface area contributed by atoms with Crippen molar-refractivity contribution in [3.8, 4) is 0 Å². The summed E-state index contributed by atoms with van der Waals surface area (Å²) in [5.74, 6) is 0.922. The van der Waals surface area contributed by atoms with E-state index in [1.807, 2.05) is 11.9 Å². The molecule has 1 aliphatic rings. The molecule has 0 atom stereocenters. The number of hydrogen-bond acceptors (Lipinski definition) is 1. The van der Waals surface area contributed by atoms with Crippen molar-refractivity contribution in [3.63, 3.8) is 0 Å². The van der Waals surface area contributed by atoms with Gasteiger partial charge in [-0.2, -0.15) is 0 Å². The van der Waals surface area contributed by atoms with Gasteiger partial charge >= 0.3 is 0 Å². The van der Waals surface area contributed by atoms with Crippen molar-refractivity contribution in [2.24, 2.45) is 5.92 Å². The average molecular weight is 359 g/mol. The first-order valence-electron chi connectivity index (χ1n) is 7.25. The van der Waals surface area contributed by atoms with Crippen LogP contribution in [0.5, 0.6) is 0 Å². The zero-order chi connectivity index (χ0) is 14.7. The van der Waals surface area contributed by atoms with E-state index < -0.39 is 0 Å². The number of nitrogens with zero attached hydrogens (tertiary/aromatic N) is 1. The minimum absolute atomic E-state index is 0.0773. The number of carbonyl (C=O) groups is 1. The second kappa shape index (κ2) is 6.95. The van der Waals surface area contributed by atoms with E-state index in [9.17, 15) is 4.79 Å². The van der Waals surface area contributed by atoms with Gasteiger partial charge in [0, 0.05) is 22.6 Å². The first kappa shape index (κ1) is 15.8. The zero-order valence-corrected chi connectivity index (χ0v) is 14.4. The van der Waals surface area contributed by atoms with Crippen LogP contribution in [0.2, 0.25) is 5.02 Å². The highest BCUT2D eigenvalue weighted by atomic mass is 79.9. The Hall–Kier alpha value is -0.540. The van der Waals surface area contributed by atoms with Gasteiger partial charge in [0.25, 0.3) is 5.91 Å². The Bertz CT molecular complexity index is 483. The predicted octanol–water partition coefficient (Wildman–Crippen LogP) is 5.14. The molecule has 0 spiro atoms. The van der Waals surface area contributed by atoms with Crippen LogP contribution in [0, 0.1) is 5.92 Å². The van der Waals surface area contributed by atoms with E-state index in [1.165, 1.54) is 19.3 Å². The van der Waals surface area contributed by atoms with Crippen molar-refractivity contribution in [2.45, 2.75) is 45.1 Å². The normalized spacial score (nSPS) is 22.6. The second-order valence-corrected chi connectivity index (χ2v) is 6.91. The molecule has 0 unspecified atom stereocenters. The van der Waals surface area contributed by atoms with Crippen LogP contribution in [0.3, 0.4) is 0 Å². The Morgan fingerprint density at radius 1 is 1.35 bits per heavy atom. The molecule has 0 aliphatic heterocycles. The van der Waals surface area contributed by atoms with Gasteiger partial charge in [0.2, 0.25) is 0 Å². The lowest BCUT2D eigenvalue weighted by atomic mass is 9.84. The van der Waals surface area contributed by atoms with Gasteiger partial charge in [-0.25, -0.2) is 0 Å². The Labute approximate surface area is 134 Å². The van der Waals surface area contributed by atoms with Gasteiger partial charge in [0.05, 0.1) is 5.56 Å². The van der Waals surface area contributed by atoms with Gasteiger partial charge in [-0.1, -0.05) is 24.9 Å². The summed E-state index contributed by atoms with van der Waals surface area (Å²) in [4.78, 5) is 14.5. The lowest BCUT2D eigenvalue weighted by molar-refractivity contribution is 0.0674. The van der Waals surface area contributed by atoms with E-state index >= 15 is 0 Å². The molecule has 2 rings (SSSR count). The molecule has 0 aromatic heterocycles. The minimum Gasteiger partial charge on any atom is -0.339 e. The molecule has 2 nitrogen and oxygen atoms in total. The molecule has 0 radical (unpaired) electrons. The summed E-state index contributed by atoms with van der Waals surface area (Å²) in [6.45, 7) is 2.25. The topological polar surface area (TPSA) is 20.3 Å². The van der Waals surface area contributed by atoms with Crippen molar-refractivity contribution in [1.29, 1.82) is 0 Å². The third-order valence-electron chi connectivity index (χ3n) is 4.42. The fourth-order valence-electron chi connectivity index (χ4n) is 2.96. The van der Waals surface area contributed by atoms with E-state index in [-0.39, 0.29) is 5.91 Å². The van der Waals surface area contributed by atoms with Crippen molar-refractivity contribution in [2.75, 3.05) is 7.05 Å². The summed E-state index contributed by atoms with van der Waals surface area (Å²) in [7, 11) is 1.92. The summed E-state index contributed by atoms with van der Waals surface area (Å²) >= 11 is 9.36. The lowest BCUT2D eigenvalue weighted by Crippen LogP contribution is -2.39. The molecule has 110 valence electrons. The number of rotatable bonds is 3. The second-order valence-electron chi connectivity index (χ2n) is 5.62. The van der Waals surface area contributed by atoms with Crippen LogP contribution in [0.25, 0.3) is 0 Å². The minimum atomic E-state index is 0.0773. The van der Waals surface area contributed by atoms with Crippen LogP contribution in [-0.4, -0.2) is 23.9 Å². The molecule has 4 heteroatoms. The van der Waals surface area contributed by atoms with E-state index in [0.717, 1.165) is 23.2 Å². The van der Waals surface area contributed by atoms with E-state index in [4.69, 9.17) is 11.6 Å². The molecule has 1 fully saturated rings. The van der Waals surface area contributed by atoms with Crippen LogP contribution in [-0.2, 0) is 0 Å². The monoisotopic (exact) mass is 357 g/mol. The van der Waals surface area contributed by atoms with Gasteiger partial charge in [-0.15, -0.1) is 0 Å². The van der Waals surface area contributed by atoms with Crippen LogP contribution in [0.1, 0.15) is 49.4 Å². The number of halogens is 2. The molecule has 1 saturated carbocycles. The molecule has 0 heterocycles. The summed E-state index contributed by atoms with van der Waals surface area (Å²) in [5, 5.41) is 0.638. The third kappa shape index (κ3) is 3.56. The smallest absolute Gasteiger partial charge is 0.254 e. The fraction of sp³-hybridized carbons (Fsp3) is 0.562. The maximum absolute atomic E-state index is 12.6. The number of hydrogen-bond donors (Lipinski definition) is 0. The SMILES string of the molecule is CCC1CCC(N(C)C(=O)c2ccc(Cl)cc2Br)CC1.